The van der Waals surface area contributed by atoms with E-state index in [0.717, 1.165) is 102 Å². The maximum Gasteiger partial charge on any atom is 0.472 e. The van der Waals surface area contributed by atoms with E-state index in [2.05, 4.69) is 34.6 Å². The van der Waals surface area contributed by atoms with Gasteiger partial charge in [-0.2, -0.15) is 0 Å². The van der Waals surface area contributed by atoms with Gasteiger partial charge in [0.25, 0.3) is 0 Å². The summed E-state index contributed by atoms with van der Waals surface area (Å²) < 4.78 is 68.7. The number of ether oxygens (including phenoxy) is 4. The number of phosphoric acid groups is 2. The Morgan fingerprint density at radius 2 is 0.471 bits per heavy atom. The van der Waals surface area contributed by atoms with E-state index in [0.29, 0.717) is 25.7 Å². The summed E-state index contributed by atoms with van der Waals surface area (Å²) in [5.74, 6) is -1.24. The first-order valence-corrected chi connectivity index (χ1v) is 46.2. The van der Waals surface area contributed by atoms with Gasteiger partial charge in [-0.25, -0.2) is 9.13 Å². The van der Waals surface area contributed by atoms with Gasteiger partial charge in [0.2, 0.25) is 0 Å². The quantitative estimate of drug-likeness (QED) is 0.0222. The molecule has 0 heterocycles. The zero-order valence-corrected chi connectivity index (χ0v) is 68.5. The number of hydrogen-bond donors (Lipinski definition) is 3. The van der Waals surface area contributed by atoms with Crippen LogP contribution in [0, 0.1) is 5.92 Å². The minimum Gasteiger partial charge on any atom is -0.462 e. The lowest BCUT2D eigenvalue weighted by Crippen LogP contribution is -2.30. The van der Waals surface area contributed by atoms with Crippen LogP contribution in [0.15, 0.2) is 0 Å². The highest BCUT2D eigenvalue weighted by molar-refractivity contribution is 7.47. The van der Waals surface area contributed by atoms with E-state index >= 15 is 0 Å². The standard InChI is InChI=1S/C83H162O17P2/c1-6-10-13-16-19-22-24-26-27-28-29-30-34-37-40-44-47-52-57-62-67-81(86)94-73-79(100-83(88)69-64-59-54-49-45-41-38-35-32-31-33-36-39-42-46-50-55-60-65-76(5)9-4)75-98-102(91,92)96-71-77(84)70-95-101(89,90)97-74-78(72-93-80(85)66-61-56-51-21-18-15-12-8-3)99-82(87)68-63-58-53-48-43-25-23-20-17-14-11-7-2/h76-79,84H,6-75H2,1-5H3,(H,89,90)(H,91,92)/t76?,77-,78+,79+/m0/s1. The van der Waals surface area contributed by atoms with Crippen molar-refractivity contribution in [2.45, 2.75) is 464 Å². The maximum absolute atomic E-state index is 13.1. The molecule has 0 aromatic heterocycles. The van der Waals surface area contributed by atoms with Crippen molar-refractivity contribution in [3.8, 4) is 0 Å². The van der Waals surface area contributed by atoms with Crippen molar-refractivity contribution in [1.82, 2.24) is 0 Å². The summed E-state index contributed by atoms with van der Waals surface area (Å²) in [4.78, 5) is 72.9. The molecule has 6 atom stereocenters. The molecule has 0 aromatic rings. The largest absolute Gasteiger partial charge is 0.472 e. The van der Waals surface area contributed by atoms with Crippen molar-refractivity contribution in [2.24, 2.45) is 5.92 Å². The average Bonchev–Trinajstić information content (AvgIpc) is 0.959. The lowest BCUT2D eigenvalue weighted by molar-refractivity contribution is -0.161. The fourth-order valence-corrected chi connectivity index (χ4v) is 14.5. The van der Waals surface area contributed by atoms with Gasteiger partial charge in [-0.1, -0.05) is 394 Å². The van der Waals surface area contributed by atoms with Crippen molar-refractivity contribution in [3.63, 3.8) is 0 Å². The van der Waals surface area contributed by atoms with Gasteiger partial charge in [0.05, 0.1) is 26.4 Å². The van der Waals surface area contributed by atoms with E-state index in [-0.39, 0.29) is 25.7 Å². The molecule has 606 valence electrons. The molecular formula is C83H162O17P2. The number of hydrogen-bond acceptors (Lipinski definition) is 15. The molecule has 0 aromatic carbocycles. The van der Waals surface area contributed by atoms with E-state index in [1.165, 1.54) is 263 Å². The summed E-state index contributed by atoms with van der Waals surface area (Å²) >= 11 is 0. The molecule has 19 heteroatoms. The molecule has 3 N–H and O–H groups in total. The number of carbonyl (C=O) groups is 4. The van der Waals surface area contributed by atoms with Gasteiger partial charge in [0, 0.05) is 25.7 Å². The molecular weight excluding hydrogens is 1330 g/mol. The lowest BCUT2D eigenvalue weighted by atomic mass is 9.99. The van der Waals surface area contributed by atoms with Crippen molar-refractivity contribution < 1.29 is 80.2 Å². The molecule has 0 fully saturated rings. The third-order valence-corrected chi connectivity index (χ3v) is 21.8. The van der Waals surface area contributed by atoms with Gasteiger partial charge in [-0.15, -0.1) is 0 Å². The molecule has 0 bridgehead atoms. The Hall–Kier alpha value is -1.94. The number of aliphatic hydroxyl groups excluding tert-OH is 1. The van der Waals surface area contributed by atoms with Crippen LogP contribution in [0.2, 0.25) is 0 Å². The summed E-state index contributed by atoms with van der Waals surface area (Å²) in [5, 5.41) is 10.6. The van der Waals surface area contributed by atoms with Crippen molar-refractivity contribution in [3.05, 3.63) is 0 Å². The number of phosphoric ester groups is 2. The van der Waals surface area contributed by atoms with Crippen LogP contribution in [-0.2, 0) is 65.4 Å². The van der Waals surface area contributed by atoms with Gasteiger partial charge in [0.15, 0.2) is 12.2 Å². The third kappa shape index (κ3) is 74.9. The summed E-state index contributed by atoms with van der Waals surface area (Å²) in [6.45, 7) is 7.38. The van der Waals surface area contributed by atoms with Gasteiger partial charge in [0.1, 0.15) is 19.3 Å². The normalized spacial score (nSPS) is 14.1. The first kappa shape index (κ1) is 100. The van der Waals surface area contributed by atoms with Crippen LogP contribution < -0.4 is 0 Å². The van der Waals surface area contributed by atoms with Gasteiger partial charge in [-0.3, -0.25) is 37.3 Å². The minimum atomic E-state index is -4.96. The zero-order chi connectivity index (χ0) is 74.8. The van der Waals surface area contributed by atoms with Crippen LogP contribution in [0.1, 0.15) is 446 Å². The number of esters is 4. The smallest absolute Gasteiger partial charge is 0.462 e. The Labute approximate surface area is 626 Å². The molecule has 0 saturated heterocycles. The van der Waals surface area contributed by atoms with E-state index < -0.39 is 97.5 Å². The third-order valence-electron chi connectivity index (χ3n) is 19.9. The molecule has 102 heavy (non-hydrogen) atoms. The number of rotatable bonds is 83. The second-order valence-corrected chi connectivity index (χ2v) is 33.0. The molecule has 0 spiro atoms. The number of carbonyl (C=O) groups excluding carboxylic acids is 4. The Morgan fingerprint density at radius 3 is 0.696 bits per heavy atom. The van der Waals surface area contributed by atoms with Gasteiger partial charge >= 0.3 is 39.5 Å². The van der Waals surface area contributed by atoms with Crippen molar-refractivity contribution in [1.29, 1.82) is 0 Å². The Balaban J connectivity index is 5.16. The lowest BCUT2D eigenvalue weighted by Gasteiger charge is -2.21. The zero-order valence-electron chi connectivity index (χ0n) is 66.8. The molecule has 0 aliphatic rings. The van der Waals surface area contributed by atoms with E-state index in [1.807, 2.05) is 0 Å². The van der Waals surface area contributed by atoms with Crippen molar-refractivity contribution >= 4 is 39.5 Å². The summed E-state index contributed by atoms with van der Waals surface area (Å²) in [6, 6.07) is 0. The molecule has 0 radical (unpaired) electrons. The van der Waals surface area contributed by atoms with Crippen LogP contribution in [0.4, 0.5) is 0 Å². The molecule has 3 unspecified atom stereocenters. The first-order valence-electron chi connectivity index (χ1n) is 43.2. The first-order chi connectivity index (χ1) is 49.6. The second kappa shape index (κ2) is 75.9. The van der Waals surface area contributed by atoms with E-state index in [1.54, 1.807) is 0 Å². The maximum atomic E-state index is 13.1. The van der Waals surface area contributed by atoms with Gasteiger partial charge < -0.3 is 33.8 Å². The highest BCUT2D eigenvalue weighted by Crippen LogP contribution is 2.45. The summed E-state index contributed by atoms with van der Waals surface area (Å²) in [6.07, 6.45) is 68.2. The van der Waals surface area contributed by atoms with E-state index in [9.17, 15) is 43.2 Å². The molecule has 0 amide bonds. The molecule has 0 aliphatic carbocycles. The van der Waals surface area contributed by atoms with Crippen LogP contribution in [0.25, 0.3) is 0 Å². The van der Waals surface area contributed by atoms with Crippen LogP contribution in [0.5, 0.6) is 0 Å². The average molecular weight is 1490 g/mol. The minimum absolute atomic E-state index is 0.108. The fourth-order valence-electron chi connectivity index (χ4n) is 12.9. The number of aliphatic hydroxyl groups is 1. The number of unbranched alkanes of at least 4 members (excludes halogenated alkanes) is 54. The second-order valence-electron chi connectivity index (χ2n) is 30.1. The molecule has 0 rings (SSSR count). The predicted molar refractivity (Wildman–Crippen MR) is 418 cm³/mol. The predicted octanol–water partition coefficient (Wildman–Crippen LogP) is 25.2. The van der Waals surface area contributed by atoms with Crippen molar-refractivity contribution in [2.75, 3.05) is 39.6 Å². The topological polar surface area (TPSA) is 237 Å². The molecule has 0 aliphatic heterocycles. The Morgan fingerprint density at radius 1 is 0.275 bits per heavy atom. The molecule has 0 saturated carbocycles. The monoisotopic (exact) mass is 1490 g/mol. The van der Waals surface area contributed by atoms with E-state index in [4.69, 9.17) is 37.0 Å². The van der Waals surface area contributed by atoms with Crippen LogP contribution in [-0.4, -0.2) is 96.7 Å². The summed E-state index contributed by atoms with van der Waals surface area (Å²) in [5.41, 5.74) is 0. The fraction of sp³-hybridized carbons (Fsp3) is 0.952. The highest BCUT2D eigenvalue weighted by Gasteiger charge is 2.30. The summed E-state index contributed by atoms with van der Waals surface area (Å²) in [7, 11) is -9.91. The van der Waals surface area contributed by atoms with Gasteiger partial charge in [-0.05, 0) is 31.6 Å². The SMILES string of the molecule is CCCCCCCCCCCCCCCCCCCCCCC(=O)OC[C@H](COP(=O)(O)OC[C@@H](O)COP(=O)(O)OC[C@@H](COC(=O)CCCCCCCCCC)OC(=O)CCCCCCCCCCCCCC)OC(=O)CCCCCCCCCCCCCCCCCCCCC(C)CC. The van der Waals surface area contributed by atoms with Crippen LogP contribution >= 0.6 is 15.6 Å². The molecule has 17 nitrogen and oxygen atoms in total. The Bertz CT molecular complexity index is 1950. The van der Waals surface area contributed by atoms with Crippen LogP contribution in [0.3, 0.4) is 0 Å². The highest BCUT2D eigenvalue weighted by atomic mass is 31.2. The Kier molecular flexibility index (Phi) is 74.4.